The Morgan fingerprint density at radius 2 is 1.89 bits per heavy atom. The molecule has 1 atom stereocenters. The molecule has 1 nitrogen and oxygen atoms in total. The first-order valence-electron chi connectivity index (χ1n) is 2.84. The average molecular weight is 140 g/mol. The zero-order valence-corrected chi connectivity index (χ0v) is 6.04. The van der Waals surface area contributed by atoms with Crippen LogP contribution < -0.4 is 0 Å². The van der Waals surface area contributed by atoms with Crippen molar-refractivity contribution in [3.8, 4) is 0 Å². The Morgan fingerprint density at radius 1 is 1.22 bits per heavy atom. The van der Waals surface area contributed by atoms with Gasteiger partial charge in [-0.05, 0) is 5.56 Å². The van der Waals surface area contributed by atoms with Gasteiger partial charge in [0, 0.05) is 15.0 Å². The predicted octanol–water partition coefficient (Wildman–Crippen LogP) is 1.77. The number of hydrogen-bond donors (Lipinski definition) is 1. The molecule has 48 valence electrons. The lowest BCUT2D eigenvalue weighted by molar-refractivity contribution is 0.644. The molecule has 1 N–H and O–H groups in total. The van der Waals surface area contributed by atoms with E-state index in [0.29, 0.717) is 0 Å². The van der Waals surface area contributed by atoms with Crippen molar-refractivity contribution in [2.75, 3.05) is 0 Å². The molecular formula is C7H9OP. The summed E-state index contributed by atoms with van der Waals surface area (Å²) in [5, 5.41) is 0. The number of hydrogen-bond acceptors (Lipinski definition) is 1. The summed E-state index contributed by atoms with van der Waals surface area (Å²) in [5.74, 6) is 0. The zero-order chi connectivity index (χ0) is 6.53. The van der Waals surface area contributed by atoms with Gasteiger partial charge in [0.05, 0.1) is 0 Å². The van der Waals surface area contributed by atoms with E-state index in [9.17, 15) is 0 Å². The van der Waals surface area contributed by atoms with Crippen LogP contribution in [-0.2, 0) is 6.16 Å². The average Bonchev–Trinajstić information content (AvgIpc) is 1.91. The molecule has 0 spiro atoms. The molecule has 1 aromatic carbocycles. The Labute approximate surface area is 56.6 Å². The lowest BCUT2D eigenvalue weighted by Gasteiger charge is -1.93. The molecule has 0 heterocycles. The smallest absolute Gasteiger partial charge is 0.0152 e. The highest BCUT2D eigenvalue weighted by molar-refractivity contribution is 7.30. The molecule has 0 aliphatic heterocycles. The Bertz CT molecular complexity index is 162. The minimum Gasteiger partial charge on any atom is -0.377 e. The molecule has 9 heavy (non-hydrogen) atoms. The lowest BCUT2D eigenvalue weighted by atomic mass is 10.2. The molecule has 0 fully saturated rings. The van der Waals surface area contributed by atoms with E-state index in [0.717, 1.165) is 6.16 Å². The first-order chi connectivity index (χ1) is 4.43. The summed E-state index contributed by atoms with van der Waals surface area (Å²) < 4.78 is 0. The highest BCUT2D eigenvalue weighted by Gasteiger charge is 1.85. The molecule has 0 amide bonds. The van der Waals surface area contributed by atoms with E-state index in [-0.39, 0.29) is 8.81 Å². The maximum absolute atomic E-state index is 8.55. The van der Waals surface area contributed by atoms with Gasteiger partial charge in [-0.25, -0.2) is 0 Å². The normalized spacial score (nSPS) is 10.8. The van der Waals surface area contributed by atoms with Gasteiger partial charge in [0.2, 0.25) is 0 Å². The number of benzene rings is 1. The van der Waals surface area contributed by atoms with Crippen LogP contribution in [0.5, 0.6) is 0 Å². The van der Waals surface area contributed by atoms with Crippen LogP contribution in [0.1, 0.15) is 5.56 Å². The third-order valence-electron chi connectivity index (χ3n) is 1.13. The van der Waals surface area contributed by atoms with Crippen LogP contribution in [0.25, 0.3) is 0 Å². The predicted molar refractivity (Wildman–Crippen MR) is 40.7 cm³/mol. The van der Waals surface area contributed by atoms with Crippen molar-refractivity contribution in [1.82, 2.24) is 0 Å². The third kappa shape index (κ3) is 2.13. The van der Waals surface area contributed by atoms with Crippen molar-refractivity contribution in [2.24, 2.45) is 0 Å². The van der Waals surface area contributed by atoms with Crippen molar-refractivity contribution in [3.63, 3.8) is 0 Å². The molecule has 1 unspecified atom stereocenters. The second-order valence-electron chi connectivity index (χ2n) is 1.82. The van der Waals surface area contributed by atoms with Crippen LogP contribution >= 0.6 is 8.81 Å². The molecule has 0 aliphatic rings. The zero-order valence-electron chi connectivity index (χ0n) is 5.04. The minimum absolute atomic E-state index is 0.0352. The molecule has 0 saturated carbocycles. The van der Waals surface area contributed by atoms with Crippen molar-refractivity contribution < 1.29 is 4.89 Å². The van der Waals surface area contributed by atoms with Crippen LogP contribution in [0, 0.1) is 0 Å². The van der Waals surface area contributed by atoms with Gasteiger partial charge >= 0.3 is 0 Å². The second-order valence-corrected chi connectivity index (χ2v) is 2.49. The van der Waals surface area contributed by atoms with Crippen molar-refractivity contribution >= 4 is 8.81 Å². The molecule has 0 saturated heterocycles. The molecule has 0 bridgehead atoms. The summed E-state index contributed by atoms with van der Waals surface area (Å²) in [6.07, 6.45) is 0.792. The molecule has 1 rings (SSSR count). The van der Waals surface area contributed by atoms with E-state index in [1.165, 1.54) is 5.56 Å². The van der Waals surface area contributed by atoms with E-state index in [1.807, 2.05) is 30.3 Å². The maximum Gasteiger partial charge on any atom is 0.0152 e. The van der Waals surface area contributed by atoms with Crippen LogP contribution in [0.15, 0.2) is 30.3 Å². The van der Waals surface area contributed by atoms with Crippen LogP contribution in [-0.4, -0.2) is 4.89 Å². The Morgan fingerprint density at radius 3 is 2.44 bits per heavy atom. The van der Waals surface area contributed by atoms with Crippen LogP contribution in [0.4, 0.5) is 0 Å². The van der Waals surface area contributed by atoms with Gasteiger partial charge in [-0.2, -0.15) is 0 Å². The van der Waals surface area contributed by atoms with Crippen molar-refractivity contribution in [3.05, 3.63) is 35.9 Å². The van der Waals surface area contributed by atoms with E-state index >= 15 is 0 Å². The monoisotopic (exact) mass is 140 g/mol. The topological polar surface area (TPSA) is 20.2 Å². The standard InChI is InChI=1S/C7H9OP/c8-9-6-7-4-2-1-3-5-7/h1-5,8-9H,6H2. The fourth-order valence-corrected chi connectivity index (χ4v) is 1.11. The fraction of sp³-hybridized carbons (Fsp3) is 0.143. The van der Waals surface area contributed by atoms with E-state index in [1.54, 1.807) is 0 Å². The van der Waals surface area contributed by atoms with Crippen molar-refractivity contribution in [2.45, 2.75) is 6.16 Å². The minimum atomic E-state index is 0.0352. The SMILES string of the molecule is OPCc1ccccc1. The van der Waals surface area contributed by atoms with Gasteiger partial charge in [-0.1, -0.05) is 30.3 Å². The molecule has 2 heteroatoms. The van der Waals surface area contributed by atoms with Gasteiger partial charge in [0.1, 0.15) is 0 Å². The van der Waals surface area contributed by atoms with E-state index in [2.05, 4.69) is 0 Å². The number of rotatable bonds is 2. The van der Waals surface area contributed by atoms with Gasteiger partial charge in [-0.3, -0.25) is 0 Å². The van der Waals surface area contributed by atoms with Crippen molar-refractivity contribution in [1.29, 1.82) is 0 Å². The first-order valence-corrected chi connectivity index (χ1v) is 4.00. The quantitative estimate of drug-likeness (QED) is 0.620. The molecular weight excluding hydrogens is 131 g/mol. The summed E-state index contributed by atoms with van der Waals surface area (Å²) in [5.41, 5.74) is 1.21. The largest absolute Gasteiger partial charge is 0.377 e. The Kier molecular flexibility index (Phi) is 2.69. The van der Waals surface area contributed by atoms with E-state index in [4.69, 9.17) is 4.89 Å². The molecule has 1 aromatic rings. The Balaban J connectivity index is 2.61. The van der Waals surface area contributed by atoms with E-state index < -0.39 is 0 Å². The summed E-state index contributed by atoms with van der Waals surface area (Å²) >= 11 is 0. The molecule has 0 aromatic heterocycles. The van der Waals surface area contributed by atoms with Crippen LogP contribution in [0.3, 0.4) is 0 Å². The maximum atomic E-state index is 8.55. The third-order valence-corrected chi connectivity index (χ3v) is 1.69. The van der Waals surface area contributed by atoms with Gasteiger partial charge < -0.3 is 4.89 Å². The first kappa shape index (κ1) is 6.73. The van der Waals surface area contributed by atoms with Gasteiger partial charge in [0.25, 0.3) is 0 Å². The van der Waals surface area contributed by atoms with Gasteiger partial charge in [-0.15, -0.1) is 0 Å². The highest BCUT2D eigenvalue weighted by Crippen LogP contribution is 2.11. The highest BCUT2D eigenvalue weighted by atomic mass is 31.1. The van der Waals surface area contributed by atoms with Crippen LogP contribution in [0.2, 0.25) is 0 Å². The lowest BCUT2D eigenvalue weighted by Crippen LogP contribution is -1.73. The summed E-state index contributed by atoms with van der Waals surface area (Å²) in [6.45, 7) is 0. The molecule has 0 aliphatic carbocycles. The van der Waals surface area contributed by atoms with Gasteiger partial charge in [0.15, 0.2) is 0 Å². The fourth-order valence-electron chi connectivity index (χ4n) is 0.687. The summed E-state index contributed by atoms with van der Waals surface area (Å²) in [7, 11) is 0.0352. The molecule has 0 radical (unpaired) electrons. The summed E-state index contributed by atoms with van der Waals surface area (Å²) in [6, 6.07) is 9.97. The summed E-state index contributed by atoms with van der Waals surface area (Å²) in [4.78, 5) is 8.55. The Hall–Kier alpha value is -0.390. The second kappa shape index (κ2) is 3.60.